The molecule has 2 heterocycles. The molecule has 0 aliphatic carbocycles. The summed E-state index contributed by atoms with van der Waals surface area (Å²) in [6.07, 6.45) is 20.1. The van der Waals surface area contributed by atoms with Crippen molar-refractivity contribution in [3.63, 3.8) is 0 Å². The molecule has 0 radical (unpaired) electrons. The van der Waals surface area contributed by atoms with E-state index in [-0.39, 0.29) is 0 Å². The molecule has 2 N–H and O–H groups in total. The summed E-state index contributed by atoms with van der Waals surface area (Å²) in [6.45, 7) is 10.1. The Balaban J connectivity index is 1.21. The first-order chi connectivity index (χ1) is 25.4. The van der Waals surface area contributed by atoms with Gasteiger partial charge in [-0.2, -0.15) is 4.57 Å². The number of nitrogens with zero attached hydrogens (tertiary/aromatic N) is 2. The molecule has 6 heteroatoms. The number of hydrogen-bond acceptors (Lipinski definition) is 4. The SMILES string of the molecule is CC(C)c1ccccc1NC=CC(=CC=O)C(C=CNCc1ccccc1C[n+]1ccc(-c2cc[n+](-c3ccccc3C(C)C)cc2)cc1)=CC=O. The number of allylic oxidation sites excluding steroid dienone is 6. The molecule has 0 unspecified atom stereocenters. The first-order valence-corrected chi connectivity index (χ1v) is 17.8. The highest BCUT2D eigenvalue weighted by atomic mass is 16.1. The molecule has 0 spiro atoms. The number of anilines is 1. The highest BCUT2D eigenvalue weighted by Crippen LogP contribution is 2.24. The number of carbonyl (C=O) groups is 2. The summed E-state index contributed by atoms with van der Waals surface area (Å²) in [5, 5.41) is 6.69. The van der Waals surface area contributed by atoms with Gasteiger partial charge in [-0.15, -0.1) is 0 Å². The lowest BCUT2D eigenvalue weighted by molar-refractivity contribution is -0.688. The van der Waals surface area contributed by atoms with Gasteiger partial charge in [-0.1, -0.05) is 88.4 Å². The average molecular weight is 689 g/mol. The number of aldehydes is 2. The summed E-state index contributed by atoms with van der Waals surface area (Å²) in [4.78, 5) is 23.0. The molecule has 52 heavy (non-hydrogen) atoms. The van der Waals surface area contributed by atoms with Gasteiger partial charge in [0, 0.05) is 59.9 Å². The number of para-hydroxylation sites is 2. The zero-order valence-electron chi connectivity index (χ0n) is 30.4. The summed E-state index contributed by atoms with van der Waals surface area (Å²) in [5.74, 6) is 0.807. The lowest BCUT2D eigenvalue weighted by Crippen LogP contribution is -2.33. The molecule has 2 aromatic heterocycles. The van der Waals surface area contributed by atoms with Gasteiger partial charge in [-0.25, -0.2) is 4.57 Å². The minimum Gasteiger partial charge on any atom is -0.387 e. The van der Waals surface area contributed by atoms with Gasteiger partial charge in [0.25, 0.3) is 0 Å². The molecular weight excluding hydrogens is 641 g/mol. The molecule has 0 bridgehead atoms. The molecule has 0 saturated carbocycles. The van der Waals surface area contributed by atoms with Crippen LogP contribution in [0, 0.1) is 0 Å². The van der Waals surface area contributed by atoms with Gasteiger partial charge in [0.2, 0.25) is 5.69 Å². The van der Waals surface area contributed by atoms with E-state index in [0.717, 1.165) is 35.9 Å². The molecule has 0 aliphatic heterocycles. The topological polar surface area (TPSA) is 66.0 Å². The Morgan fingerprint density at radius 2 is 1.15 bits per heavy atom. The van der Waals surface area contributed by atoms with E-state index in [9.17, 15) is 9.59 Å². The summed E-state index contributed by atoms with van der Waals surface area (Å²) in [7, 11) is 0. The van der Waals surface area contributed by atoms with Crippen LogP contribution in [0.3, 0.4) is 0 Å². The maximum atomic E-state index is 11.5. The number of aromatic nitrogens is 2. The minimum atomic E-state index is 0.359. The number of nitrogens with one attached hydrogen (secondary N) is 2. The Morgan fingerprint density at radius 3 is 1.79 bits per heavy atom. The van der Waals surface area contributed by atoms with Crippen LogP contribution < -0.4 is 19.8 Å². The minimum absolute atomic E-state index is 0.359. The maximum absolute atomic E-state index is 11.5. The van der Waals surface area contributed by atoms with Gasteiger partial charge in [-0.05, 0) is 81.8 Å². The number of carbonyl (C=O) groups excluding carboxylic acids is 2. The van der Waals surface area contributed by atoms with Gasteiger partial charge in [-0.3, -0.25) is 9.59 Å². The predicted molar refractivity (Wildman–Crippen MR) is 211 cm³/mol. The third-order valence-corrected chi connectivity index (χ3v) is 8.95. The fraction of sp³-hybridized carbons (Fsp3) is 0.174. The fourth-order valence-electron chi connectivity index (χ4n) is 6.14. The second kappa shape index (κ2) is 18.7. The van der Waals surface area contributed by atoms with Crippen molar-refractivity contribution in [2.45, 2.75) is 52.6 Å². The van der Waals surface area contributed by atoms with E-state index in [4.69, 9.17) is 0 Å². The van der Waals surface area contributed by atoms with Crippen molar-refractivity contribution < 1.29 is 18.7 Å². The Kier molecular flexibility index (Phi) is 13.4. The van der Waals surface area contributed by atoms with Crippen molar-refractivity contribution in [3.05, 3.63) is 192 Å². The van der Waals surface area contributed by atoms with Crippen LogP contribution in [0.2, 0.25) is 0 Å². The molecule has 3 aromatic carbocycles. The van der Waals surface area contributed by atoms with Gasteiger partial charge in [0.1, 0.15) is 12.6 Å². The van der Waals surface area contributed by atoms with Crippen LogP contribution in [0.1, 0.15) is 61.8 Å². The van der Waals surface area contributed by atoms with E-state index in [1.807, 2.05) is 30.5 Å². The number of pyridine rings is 2. The molecule has 262 valence electrons. The predicted octanol–water partition coefficient (Wildman–Crippen LogP) is 8.69. The van der Waals surface area contributed by atoms with Crippen LogP contribution in [-0.2, 0) is 22.7 Å². The van der Waals surface area contributed by atoms with E-state index in [0.29, 0.717) is 29.5 Å². The first-order valence-electron chi connectivity index (χ1n) is 17.8. The molecule has 5 rings (SSSR count). The lowest BCUT2D eigenvalue weighted by atomic mass is 10.0. The van der Waals surface area contributed by atoms with Crippen molar-refractivity contribution >= 4 is 18.3 Å². The highest BCUT2D eigenvalue weighted by molar-refractivity contribution is 5.75. The van der Waals surface area contributed by atoms with Gasteiger partial charge in [0.15, 0.2) is 31.3 Å². The molecule has 5 aromatic rings. The molecule has 0 aliphatic rings. The Hall–Kier alpha value is -6.14. The summed E-state index contributed by atoms with van der Waals surface area (Å²) < 4.78 is 4.37. The molecule has 0 atom stereocenters. The zero-order valence-corrected chi connectivity index (χ0v) is 30.4. The van der Waals surface area contributed by atoms with E-state index in [1.165, 1.54) is 40.1 Å². The third kappa shape index (κ3) is 9.98. The monoisotopic (exact) mass is 688 g/mol. The molecule has 6 nitrogen and oxygen atoms in total. The van der Waals surface area contributed by atoms with E-state index >= 15 is 0 Å². The summed E-state index contributed by atoms with van der Waals surface area (Å²) in [5.41, 5.74) is 10.6. The molecule has 0 saturated heterocycles. The smallest absolute Gasteiger partial charge is 0.214 e. The van der Waals surface area contributed by atoms with Gasteiger partial charge < -0.3 is 10.6 Å². The van der Waals surface area contributed by atoms with E-state index < -0.39 is 0 Å². The molecule has 0 fully saturated rings. The summed E-state index contributed by atoms with van der Waals surface area (Å²) >= 11 is 0. The van der Waals surface area contributed by atoms with Crippen LogP contribution in [0.4, 0.5) is 5.69 Å². The first kappa shape index (κ1) is 37.1. The second-order valence-corrected chi connectivity index (χ2v) is 13.2. The van der Waals surface area contributed by atoms with E-state index in [2.05, 4.69) is 145 Å². The van der Waals surface area contributed by atoms with Gasteiger partial charge >= 0.3 is 0 Å². The quantitative estimate of drug-likeness (QED) is 0.0471. The summed E-state index contributed by atoms with van der Waals surface area (Å²) in [6, 6.07) is 33.7. The molecular formula is C46H48N4O2+2. The van der Waals surface area contributed by atoms with Crippen LogP contribution in [0.5, 0.6) is 0 Å². The Labute approximate surface area is 308 Å². The average Bonchev–Trinajstić information content (AvgIpc) is 3.17. The number of hydrogen-bond donors (Lipinski definition) is 2. The molecule has 0 amide bonds. The van der Waals surface area contributed by atoms with E-state index in [1.54, 1.807) is 18.4 Å². The van der Waals surface area contributed by atoms with Crippen molar-refractivity contribution in [3.8, 4) is 16.8 Å². The van der Waals surface area contributed by atoms with Crippen LogP contribution in [-0.4, -0.2) is 12.6 Å². The highest BCUT2D eigenvalue weighted by Gasteiger charge is 2.15. The van der Waals surface area contributed by atoms with Crippen molar-refractivity contribution in [2.75, 3.05) is 5.32 Å². The van der Waals surface area contributed by atoms with Crippen molar-refractivity contribution in [1.82, 2.24) is 5.32 Å². The Bertz CT molecular complexity index is 2070. The maximum Gasteiger partial charge on any atom is 0.214 e. The number of benzene rings is 3. The zero-order chi connectivity index (χ0) is 36.7. The van der Waals surface area contributed by atoms with Crippen LogP contribution >= 0.6 is 0 Å². The second-order valence-electron chi connectivity index (χ2n) is 13.2. The number of rotatable bonds is 16. The standard InChI is InChI=1S/C46H46N4O2/c1-35(2)43-13-7-9-15-45(43)48-26-18-38(24-32-52)37(23-31-51)17-25-47-33-41-11-5-6-12-42(41)34-49-27-19-39(20-28-49)40-21-29-50(30-22-40)46-16-10-8-14-44(46)36(3)4/h5-32,35-36H,33-34H2,1-4H3/p+2. The van der Waals surface area contributed by atoms with Crippen molar-refractivity contribution in [1.29, 1.82) is 0 Å². The normalized spacial score (nSPS) is 12.2. The van der Waals surface area contributed by atoms with Crippen molar-refractivity contribution in [2.24, 2.45) is 0 Å². The van der Waals surface area contributed by atoms with Crippen LogP contribution in [0.25, 0.3) is 16.8 Å². The third-order valence-electron chi connectivity index (χ3n) is 8.95. The lowest BCUT2D eigenvalue weighted by Gasteiger charge is -2.12. The largest absolute Gasteiger partial charge is 0.387 e. The fourth-order valence-corrected chi connectivity index (χ4v) is 6.14. The van der Waals surface area contributed by atoms with Crippen LogP contribution in [0.15, 0.2) is 170 Å². The van der Waals surface area contributed by atoms with Gasteiger partial charge in [0.05, 0.1) is 0 Å². The Morgan fingerprint density at radius 1 is 0.615 bits per heavy atom.